The molecule has 0 fully saturated rings. The molecule has 0 saturated heterocycles. The predicted molar refractivity (Wildman–Crippen MR) is 60.0 cm³/mol. The number of hydrogen-bond donors (Lipinski definition) is 1. The summed E-state index contributed by atoms with van der Waals surface area (Å²) in [7, 11) is 0. The molecule has 78 valence electrons. The Balaban J connectivity index is 2.52. The third-order valence-electron chi connectivity index (χ3n) is 1.97. The van der Waals surface area contributed by atoms with Crippen molar-refractivity contribution in [2.75, 3.05) is 11.5 Å². The highest BCUT2D eigenvalue weighted by Crippen LogP contribution is 2.16. The van der Waals surface area contributed by atoms with E-state index in [0.717, 1.165) is 11.3 Å². The maximum Gasteiger partial charge on any atom is 0.119 e. The van der Waals surface area contributed by atoms with Crippen LogP contribution in [0.1, 0.15) is 13.3 Å². The highest BCUT2D eigenvalue weighted by Gasteiger charge is 2.08. The molecule has 0 aromatic rings. The second-order valence-electron chi connectivity index (χ2n) is 3.04. The Morgan fingerprint density at radius 2 is 2.29 bits per heavy atom. The minimum Gasteiger partial charge on any atom is -0.388 e. The Hall–Kier alpha value is -0.540. The fourth-order valence-corrected chi connectivity index (χ4v) is 1.84. The zero-order chi connectivity index (χ0) is 10.4. The van der Waals surface area contributed by atoms with Crippen molar-refractivity contribution in [3.63, 3.8) is 0 Å². The number of aliphatic hydroxyl groups is 1. The van der Waals surface area contributed by atoms with Crippen molar-refractivity contribution in [2.24, 2.45) is 0 Å². The number of aliphatic hydroxyl groups excluding tert-OH is 1. The molecule has 0 saturated carbocycles. The Bertz CT molecular complexity index is 268. The Labute approximate surface area is 88.4 Å². The van der Waals surface area contributed by atoms with Crippen molar-refractivity contribution in [1.29, 1.82) is 0 Å². The molecule has 0 amide bonds. The quantitative estimate of drug-likeness (QED) is 0.776. The molecule has 1 nitrogen and oxygen atoms in total. The third kappa shape index (κ3) is 3.68. The summed E-state index contributed by atoms with van der Waals surface area (Å²) >= 11 is 1.68. The first kappa shape index (κ1) is 11.5. The summed E-state index contributed by atoms with van der Waals surface area (Å²) in [6, 6.07) is 0. The molecular weight excluding hydrogens is 199 g/mol. The fourth-order valence-electron chi connectivity index (χ4n) is 1.19. The van der Waals surface area contributed by atoms with Gasteiger partial charge < -0.3 is 5.11 Å². The maximum absolute atomic E-state index is 12.8. The van der Waals surface area contributed by atoms with Crippen LogP contribution in [0, 0.1) is 0 Å². The van der Waals surface area contributed by atoms with E-state index in [4.69, 9.17) is 0 Å². The van der Waals surface area contributed by atoms with E-state index in [1.54, 1.807) is 17.8 Å². The summed E-state index contributed by atoms with van der Waals surface area (Å²) in [5, 5.41) is 9.73. The minimum atomic E-state index is -0.476. The molecule has 1 N–H and O–H groups in total. The molecule has 0 bridgehead atoms. The van der Waals surface area contributed by atoms with Gasteiger partial charge in [-0.15, -0.1) is 0 Å². The van der Waals surface area contributed by atoms with E-state index in [1.165, 1.54) is 12.2 Å². The van der Waals surface area contributed by atoms with Crippen molar-refractivity contribution >= 4 is 11.8 Å². The Morgan fingerprint density at radius 3 is 3.00 bits per heavy atom. The number of halogens is 1. The normalized spacial score (nSPS) is 18.5. The maximum atomic E-state index is 12.8. The zero-order valence-electron chi connectivity index (χ0n) is 8.24. The van der Waals surface area contributed by atoms with Gasteiger partial charge in [-0.05, 0) is 29.9 Å². The lowest BCUT2D eigenvalue weighted by Crippen LogP contribution is -2.12. The van der Waals surface area contributed by atoms with E-state index in [0.29, 0.717) is 12.2 Å². The number of rotatable bonds is 4. The van der Waals surface area contributed by atoms with Crippen molar-refractivity contribution in [3.8, 4) is 0 Å². The second kappa shape index (κ2) is 6.04. The minimum absolute atomic E-state index is 0.230. The summed E-state index contributed by atoms with van der Waals surface area (Å²) < 4.78 is 12.8. The van der Waals surface area contributed by atoms with E-state index >= 15 is 0 Å². The van der Waals surface area contributed by atoms with E-state index in [1.807, 2.05) is 6.08 Å². The summed E-state index contributed by atoms with van der Waals surface area (Å²) in [5.74, 6) is 1.43. The van der Waals surface area contributed by atoms with Gasteiger partial charge in [-0.25, -0.2) is 4.39 Å². The van der Waals surface area contributed by atoms with Gasteiger partial charge in [0.2, 0.25) is 0 Å². The van der Waals surface area contributed by atoms with Gasteiger partial charge in [-0.2, -0.15) is 11.8 Å². The Morgan fingerprint density at radius 1 is 1.50 bits per heavy atom. The van der Waals surface area contributed by atoms with Crippen molar-refractivity contribution in [1.82, 2.24) is 0 Å². The standard InChI is InChI=1S/C11H15FOS/c1-2-14-8-11(13)9-4-3-5-10(12)7-6-9/h4-7,11,13H,2-3,8H2,1H3. The van der Waals surface area contributed by atoms with Gasteiger partial charge in [0, 0.05) is 5.75 Å². The summed E-state index contributed by atoms with van der Waals surface area (Å²) in [6.45, 7) is 2.05. The first-order chi connectivity index (χ1) is 6.74. The Kier molecular flexibility index (Phi) is 4.98. The lowest BCUT2D eigenvalue weighted by Gasteiger charge is -2.10. The van der Waals surface area contributed by atoms with Crippen LogP contribution >= 0.6 is 11.8 Å². The van der Waals surface area contributed by atoms with Crippen LogP contribution in [-0.4, -0.2) is 22.7 Å². The monoisotopic (exact) mass is 214 g/mol. The van der Waals surface area contributed by atoms with Crippen LogP contribution in [0.2, 0.25) is 0 Å². The lowest BCUT2D eigenvalue weighted by molar-refractivity contribution is 0.239. The molecule has 14 heavy (non-hydrogen) atoms. The smallest absolute Gasteiger partial charge is 0.119 e. The SMILES string of the molecule is CCSCC(O)C1=CCC=C(F)C=C1. The third-order valence-corrected chi connectivity index (χ3v) is 2.93. The largest absolute Gasteiger partial charge is 0.388 e. The lowest BCUT2D eigenvalue weighted by atomic mass is 10.1. The second-order valence-corrected chi connectivity index (χ2v) is 4.36. The van der Waals surface area contributed by atoms with Crippen LogP contribution in [-0.2, 0) is 0 Å². The molecule has 0 heterocycles. The molecule has 0 aliphatic heterocycles. The molecule has 0 radical (unpaired) electrons. The van der Waals surface area contributed by atoms with Crippen molar-refractivity contribution in [3.05, 3.63) is 35.7 Å². The molecule has 1 aliphatic carbocycles. The average molecular weight is 214 g/mol. The van der Waals surface area contributed by atoms with Gasteiger partial charge in [0.25, 0.3) is 0 Å². The predicted octanol–water partition coefficient (Wildman–Crippen LogP) is 2.84. The van der Waals surface area contributed by atoms with Gasteiger partial charge in [0.1, 0.15) is 5.83 Å². The van der Waals surface area contributed by atoms with Crippen LogP contribution in [0.4, 0.5) is 4.39 Å². The molecule has 3 heteroatoms. The molecule has 1 atom stereocenters. The summed E-state index contributed by atoms with van der Waals surface area (Å²) in [6.07, 6.45) is 6.50. The van der Waals surface area contributed by atoms with Gasteiger partial charge in [0.05, 0.1) is 6.10 Å². The van der Waals surface area contributed by atoms with Crippen LogP contribution in [0.5, 0.6) is 0 Å². The molecule has 0 aromatic carbocycles. The number of thioether (sulfide) groups is 1. The average Bonchev–Trinajstić information content (AvgIpc) is 2.39. The molecule has 0 aromatic heterocycles. The van der Waals surface area contributed by atoms with Crippen LogP contribution in [0.15, 0.2) is 35.7 Å². The number of allylic oxidation sites excluding steroid dienone is 4. The molecule has 1 aliphatic rings. The molecule has 0 spiro atoms. The van der Waals surface area contributed by atoms with E-state index in [-0.39, 0.29) is 5.83 Å². The number of hydrogen-bond acceptors (Lipinski definition) is 2. The molecular formula is C11H15FOS. The van der Waals surface area contributed by atoms with Crippen molar-refractivity contribution < 1.29 is 9.50 Å². The summed E-state index contributed by atoms with van der Waals surface area (Å²) in [4.78, 5) is 0. The highest BCUT2D eigenvalue weighted by molar-refractivity contribution is 7.99. The first-order valence-corrected chi connectivity index (χ1v) is 5.89. The van der Waals surface area contributed by atoms with Gasteiger partial charge in [-0.1, -0.05) is 19.1 Å². The highest BCUT2D eigenvalue weighted by atomic mass is 32.2. The molecule has 1 unspecified atom stereocenters. The van der Waals surface area contributed by atoms with Gasteiger partial charge >= 0.3 is 0 Å². The first-order valence-electron chi connectivity index (χ1n) is 4.73. The van der Waals surface area contributed by atoms with Crippen LogP contribution in [0.3, 0.4) is 0 Å². The van der Waals surface area contributed by atoms with Crippen LogP contribution < -0.4 is 0 Å². The van der Waals surface area contributed by atoms with Crippen LogP contribution in [0.25, 0.3) is 0 Å². The molecule has 1 rings (SSSR count). The summed E-state index contributed by atoms with van der Waals surface area (Å²) in [5.41, 5.74) is 0.815. The fraction of sp³-hybridized carbons (Fsp3) is 0.455. The van der Waals surface area contributed by atoms with E-state index in [9.17, 15) is 9.50 Å². The van der Waals surface area contributed by atoms with E-state index in [2.05, 4.69) is 6.92 Å². The topological polar surface area (TPSA) is 20.2 Å². The zero-order valence-corrected chi connectivity index (χ0v) is 9.06. The van der Waals surface area contributed by atoms with Gasteiger partial charge in [0.15, 0.2) is 0 Å². The van der Waals surface area contributed by atoms with Gasteiger partial charge in [-0.3, -0.25) is 0 Å². The van der Waals surface area contributed by atoms with Crippen molar-refractivity contribution in [2.45, 2.75) is 19.4 Å². The van der Waals surface area contributed by atoms with E-state index < -0.39 is 6.10 Å².